The summed E-state index contributed by atoms with van der Waals surface area (Å²) in [6.07, 6.45) is 5.65. The Bertz CT molecular complexity index is 1870. The van der Waals surface area contributed by atoms with Crippen LogP contribution in [-0.4, -0.2) is 21.1 Å². The molecule has 0 atom stereocenters. The van der Waals surface area contributed by atoms with Gasteiger partial charge in [-0.2, -0.15) is 0 Å². The molecule has 0 aliphatic rings. The number of aromatic nitrogens is 3. The lowest BCUT2D eigenvalue weighted by atomic mass is 9.37. The zero-order chi connectivity index (χ0) is 24.6. The van der Waals surface area contributed by atoms with Crippen LogP contribution >= 0.6 is 0 Å². The van der Waals surface area contributed by atoms with Crippen LogP contribution in [0.1, 0.15) is 0 Å². The summed E-state index contributed by atoms with van der Waals surface area (Å²) in [5.74, 6) is 1.34. The third-order valence-electron chi connectivity index (χ3n) is 6.90. The fourth-order valence-corrected chi connectivity index (χ4v) is 5.28. The van der Waals surface area contributed by atoms with Gasteiger partial charge in [-0.25, -0.2) is 9.97 Å². The van der Waals surface area contributed by atoms with Gasteiger partial charge >= 0.3 is 0 Å². The van der Waals surface area contributed by atoms with Gasteiger partial charge in [-0.15, -0.1) is 0 Å². The van der Waals surface area contributed by atoms with Gasteiger partial charge in [0.1, 0.15) is 11.4 Å². The Hall–Kier alpha value is -4.90. The molecule has 0 N–H and O–H groups in total. The van der Waals surface area contributed by atoms with E-state index in [1.807, 2.05) is 42.7 Å². The summed E-state index contributed by atoms with van der Waals surface area (Å²) in [6, 6.07) is 39.9. The molecule has 7 aromatic rings. The van der Waals surface area contributed by atoms with Gasteiger partial charge in [-0.3, -0.25) is 4.40 Å². The van der Waals surface area contributed by atoms with E-state index in [2.05, 4.69) is 94.3 Å². The number of hydrogen-bond donors (Lipinski definition) is 0. The van der Waals surface area contributed by atoms with Crippen LogP contribution < -0.4 is 21.1 Å². The lowest BCUT2D eigenvalue weighted by molar-refractivity contribution is 0.463. The Kier molecular flexibility index (Phi) is 5.18. The lowest BCUT2D eigenvalue weighted by Crippen LogP contribution is -2.51. The molecule has 0 unspecified atom stereocenters. The highest BCUT2D eigenvalue weighted by Gasteiger charge is 2.23. The zero-order valence-corrected chi connectivity index (χ0v) is 20.0. The van der Waals surface area contributed by atoms with Crippen LogP contribution in [0.2, 0.25) is 0 Å². The number of imidazole rings is 1. The average Bonchev–Trinajstić information content (AvgIpc) is 3.46. The van der Waals surface area contributed by atoms with Crippen molar-refractivity contribution in [1.82, 2.24) is 14.4 Å². The van der Waals surface area contributed by atoms with Crippen LogP contribution in [0.15, 0.2) is 134 Å². The summed E-state index contributed by atoms with van der Waals surface area (Å²) in [5, 5.41) is 3.57. The maximum absolute atomic E-state index is 6.08. The first kappa shape index (κ1) is 21.4. The molecule has 4 aromatic carbocycles. The number of pyridine rings is 2. The molecule has 3 aromatic heterocycles. The first-order chi connectivity index (χ1) is 18.3. The minimum atomic E-state index is 0.0272. The van der Waals surface area contributed by atoms with Crippen molar-refractivity contribution in [2.75, 3.05) is 0 Å². The predicted octanol–water partition coefficient (Wildman–Crippen LogP) is 5.34. The predicted molar refractivity (Wildman–Crippen MR) is 152 cm³/mol. The van der Waals surface area contributed by atoms with E-state index in [4.69, 9.17) is 9.72 Å². The normalized spacial score (nSPS) is 11.2. The van der Waals surface area contributed by atoms with Gasteiger partial charge in [-0.1, -0.05) is 101 Å². The number of benzene rings is 4. The SMILES string of the molecule is c1ccc(B(c2cccc(Oc3ccccn3)c2)c2ccc3c4ccccc4n4ccnc4c3c2)cc1. The Balaban J connectivity index is 1.42. The van der Waals surface area contributed by atoms with E-state index in [0.29, 0.717) is 5.88 Å². The highest BCUT2D eigenvalue weighted by atomic mass is 16.5. The van der Waals surface area contributed by atoms with E-state index < -0.39 is 0 Å². The Labute approximate surface area is 214 Å². The van der Waals surface area contributed by atoms with E-state index in [0.717, 1.165) is 27.8 Å². The van der Waals surface area contributed by atoms with Crippen LogP contribution in [0.25, 0.3) is 27.3 Å². The Morgan fingerprint density at radius 2 is 1.38 bits per heavy atom. The molecule has 0 amide bonds. The van der Waals surface area contributed by atoms with Gasteiger partial charge in [0.05, 0.1) is 5.52 Å². The third-order valence-corrected chi connectivity index (χ3v) is 6.90. The highest BCUT2D eigenvalue weighted by Crippen LogP contribution is 2.28. The number of hydrogen-bond acceptors (Lipinski definition) is 3. The summed E-state index contributed by atoms with van der Waals surface area (Å²) in [6.45, 7) is 0.0272. The monoisotopic (exact) mass is 475 g/mol. The molecule has 0 aliphatic carbocycles. The van der Waals surface area contributed by atoms with Crippen LogP contribution in [-0.2, 0) is 0 Å². The number of ether oxygens (including phenoxy) is 1. The topological polar surface area (TPSA) is 39.4 Å². The Morgan fingerprint density at radius 1 is 0.568 bits per heavy atom. The second-order valence-electron chi connectivity index (χ2n) is 9.13. The fourth-order valence-electron chi connectivity index (χ4n) is 5.28. The first-order valence-electron chi connectivity index (χ1n) is 12.4. The van der Waals surface area contributed by atoms with Crippen LogP contribution in [0, 0.1) is 0 Å². The van der Waals surface area contributed by atoms with Crippen LogP contribution in [0.3, 0.4) is 0 Å². The second kappa shape index (κ2) is 8.96. The minimum absolute atomic E-state index is 0.0272. The molecule has 174 valence electrons. The molecule has 37 heavy (non-hydrogen) atoms. The largest absolute Gasteiger partial charge is 0.439 e. The van der Waals surface area contributed by atoms with E-state index in [1.54, 1.807) is 6.20 Å². The van der Waals surface area contributed by atoms with Crippen molar-refractivity contribution in [3.63, 3.8) is 0 Å². The summed E-state index contributed by atoms with van der Waals surface area (Å²) >= 11 is 0. The molecule has 0 bridgehead atoms. The van der Waals surface area contributed by atoms with E-state index in [9.17, 15) is 0 Å². The maximum Gasteiger partial charge on any atom is 0.241 e. The Morgan fingerprint density at radius 3 is 2.27 bits per heavy atom. The fraction of sp³-hybridized carbons (Fsp3) is 0. The number of nitrogens with zero attached hydrogens (tertiary/aromatic N) is 3. The molecule has 0 fully saturated rings. The van der Waals surface area contributed by atoms with Crippen molar-refractivity contribution in [2.45, 2.75) is 0 Å². The van der Waals surface area contributed by atoms with E-state index >= 15 is 0 Å². The average molecular weight is 475 g/mol. The smallest absolute Gasteiger partial charge is 0.241 e. The van der Waals surface area contributed by atoms with E-state index in [-0.39, 0.29) is 6.71 Å². The molecule has 0 saturated carbocycles. The van der Waals surface area contributed by atoms with Crippen LogP contribution in [0.4, 0.5) is 0 Å². The minimum Gasteiger partial charge on any atom is -0.439 e. The number of para-hydroxylation sites is 1. The van der Waals surface area contributed by atoms with Crippen LogP contribution in [0.5, 0.6) is 11.6 Å². The molecule has 0 saturated heterocycles. The van der Waals surface area contributed by atoms with Gasteiger partial charge < -0.3 is 4.74 Å². The van der Waals surface area contributed by atoms with Crippen molar-refractivity contribution >= 4 is 50.4 Å². The van der Waals surface area contributed by atoms with Crippen molar-refractivity contribution in [3.8, 4) is 11.6 Å². The molecular weight excluding hydrogens is 453 g/mol. The highest BCUT2D eigenvalue weighted by molar-refractivity contribution is 6.95. The summed E-state index contributed by atoms with van der Waals surface area (Å²) in [5.41, 5.74) is 5.70. The quantitative estimate of drug-likeness (QED) is 0.249. The molecule has 3 heterocycles. The van der Waals surface area contributed by atoms with Gasteiger partial charge in [-0.05, 0) is 29.7 Å². The van der Waals surface area contributed by atoms with Gasteiger partial charge in [0.25, 0.3) is 0 Å². The van der Waals surface area contributed by atoms with Gasteiger partial charge in [0.2, 0.25) is 12.6 Å². The maximum atomic E-state index is 6.08. The van der Waals surface area contributed by atoms with Gasteiger partial charge in [0, 0.05) is 35.4 Å². The molecular formula is C32H22BN3O. The molecule has 4 nitrogen and oxygen atoms in total. The summed E-state index contributed by atoms with van der Waals surface area (Å²) < 4.78 is 8.26. The van der Waals surface area contributed by atoms with Crippen molar-refractivity contribution in [3.05, 3.63) is 134 Å². The van der Waals surface area contributed by atoms with Crippen molar-refractivity contribution in [1.29, 1.82) is 0 Å². The zero-order valence-electron chi connectivity index (χ0n) is 20.0. The van der Waals surface area contributed by atoms with Gasteiger partial charge in [0.15, 0.2) is 0 Å². The molecule has 5 heteroatoms. The second-order valence-corrected chi connectivity index (χ2v) is 9.13. The first-order valence-corrected chi connectivity index (χ1v) is 12.4. The third kappa shape index (κ3) is 3.82. The molecule has 0 radical (unpaired) electrons. The standard InChI is InChI=1S/C32H22BN3O/c1-2-9-23(10-3-1)33(24-11-8-12-26(21-24)37-31-15-6-7-18-34-31)25-16-17-27-28-13-4-5-14-30(28)36-20-19-35-32(36)29(27)22-25/h1-22H. The number of fused-ring (bicyclic) bond motifs is 6. The summed E-state index contributed by atoms with van der Waals surface area (Å²) in [7, 11) is 0. The van der Waals surface area contributed by atoms with E-state index in [1.165, 1.54) is 21.7 Å². The van der Waals surface area contributed by atoms with Crippen molar-refractivity contribution < 1.29 is 4.74 Å². The molecule has 7 rings (SSSR count). The summed E-state index contributed by atoms with van der Waals surface area (Å²) in [4.78, 5) is 9.06. The number of rotatable bonds is 5. The lowest BCUT2D eigenvalue weighted by Gasteiger charge is -2.18. The molecule has 0 aliphatic heterocycles. The van der Waals surface area contributed by atoms with Crippen molar-refractivity contribution in [2.24, 2.45) is 0 Å². The molecule has 0 spiro atoms.